The van der Waals surface area contributed by atoms with Gasteiger partial charge >= 0.3 is 0 Å². The summed E-state index contributed by atoms with van der Waals surface area (Å²) in [5.41, 5.74) is 1.92. The van der Waals surface area contributed by atoms with E-state index in [-0.39, 0.29) is 29.5 Å². The Morgan fingerprint density at radius 1 is 0.960 bits per heavy atom. The van der Waals surface area contributed by atoms with Crippen molar-refractivity contribution in [2.75, 3.05) is 23.0 Å². The molecular weight excluding hydrogens is 336 g/mol. The van der Waals surface area contributed by atoms with E-state index in [0.29, 0.717) is 13.1 Å². The highest BCUT2D eigenvalue weighted by Crippen LogP contribution is 2.26. The Bertz CT molecular complexity index is 868. The smallest absolute Gasteiger partial charge is 0.282 e. The van der Waals surface area contributed by atoms with Crippen LogP contribution >= 0.6 is 0 Å². The van der Waals surface area contributed by atoms with Gasteiger partial charge in [0.05, 0.1) is 5.75 Å². The largest absolute Gasteiger partial charge is 0.318 e. The standard InChI is InChI=1S/C19H20N2O3S/c22-19-12-20(11-15-7-3-1-4-8-15)17-13-25(23,24)14-18(17)21(19)16-9-5-2-6-10-16/h1-10,17-18H,11-14H2/p+1/t17-,18+/m1/s1. The lowest BCUT2D eigenvalue weighted by Gasteiger charge is -2.40. The minimum absolute atomic E-state index is 0.00418. The minimum Gasteiger partial charge on any atom is -0.318 e. The fraction of sp³-hybridized carbons (Fsp3) is 0.316. The quantitative estimate of drug-likeness (QED) is 0.859. The zero-order valence-electron chi connectivity index (χ0n) is 13.8. The molecule has 0 aromatic heterocycles. The van der Waals surface area contributed by atoms with Gasteiger partial charge in [-0.25, -0.2) is 8.42 Å². The highest BCUT2D eigenvalue weighted by molar-refractivity contribution is 7.91. The lowest BCUT2D eigenvalue weighted by atomic mass is 10.0. The molecule has 0 bridgehead atoms. The number of carbonyl (C=O) groups excluding carboxylic acids is 1. The van der Waals surface area contributed by atoms with Gasteiger partial charge in [0, 0.05) is 11.3 Å². The van der Waals surface area contributed by atoms with Crippen molar-refractivity contribution in [3.63, 3.8) is 0 Å². The molecule has 25 heavy (non-hydrogen) atoms. The molecule has 2 aromatic carbocycles. The van der Waals surface area contributed by atoms with E-state index >= 15 is 0 Å². The van der Waals surface area contributed by atoms with E-state index in [2.05, 4.69) is 0 Å². The summed E-state index contributed by atoms with van der Waals surface area (Å²) in [6, 6.07) is 19.0. The van der Waals surface area contributed by atoms with Gasteiger partial charge in [0.25, 0.3) is 5.91 Å². The minimum atomic E-state index is -3.13. The summed E-state index contributed by atoms with van der Waals surface area (Å²) in [6.45, 7) is 0.992. The van der Waals surface area contributed by atoms with Gasteiger partial charge in [-0.1, -0.05) is 48.5 Å². The van der Waals surface area contributed by atoms with Gasteiger partial charge in [0.15, 0.2) is 16.4 Å². The van der Waals surface area contributed by atoms with E-state index in [1.165, 1.54) is 0 Å². The van der Waals surface area contributed by atoms with Crippen LogP contribution < -0.4 is 9.80 Å². The van der Waals surface area contributed by atoms with Crippen LogP contribution in [0.1, 0.15) is 5.56 Å². The molecule has 4 rings (SSSR count). The van der Waals surface area contributed by atoms with Crippen molar-refractivity contribution in [2.45, 2.75) is 18.6 Å². The molecule has 2 aliphatic heterocycles. The monoisotopic (exact) mass is 357 g/mol. The predicted octanol–water partition coefficient (Wildman–Crippen LogP) is 0.284. The molecule has 130 valence electrons. The number of piperazine rings is 1. The number of hydrogen-bond acceptors (Lipinski definition) is 3. The summed E-state index contributed by atoms with van der Waals surface area (Å²) < 4.78 is 24.7. The molecule has 6 heteroatoms. The second-order valence-electron chi connectivity index (χ2n) is 6.85. The van der Waals surface area contributed by atoms with Crippen LogP contribution in [0.25, 0.3) is 0 Å². The van der Waals surface area contributed by atoms with E-state index in [9.17, 15) is 13.2 Å². The molecule has 0 radical (unpaired) electrons. The lowest BCUT2D eigenvalue weighted by Crippen LogP contribution is -3.19. The number of para-hydroxylation sites is 1. The molecule has 1 amide bonds. The van der Waals surface area contributed by atoms with E-state index in [4.69, 9.17) is 0 Å². The molecule has 0 aliphatic carbocycles. The van der Waals surface area contributed by atoms with Crippen molar-refractivity contribution in [2.24, 2.45) is 0 Å². The first-order chi connectivity index (χ1) is 12.0. The van der Waals surface area contributed by atoms with Gasteiger partial charge in [0.2, 0.25) is 0 Å². The van der Waals surface area contributed by atoms with Crippen LogP contribution in [0.2, 0.25) is 0 Å². The second kappa shape index (κ2) is 6.28. The van der Waals surface area contributed by atoms with Crippen LogP contribution in [0.5, 0.6) is 0 Å². The zero-order valence-corrected chi connectivity index (χ0v) is 14.7. The Hall–Kier alpha value is -2.18. The van der Waals surface area contributed by atoms with Crippen molar-refractivity contribution in [1.82, 2.24) is 0 Å². The molecular formula is C19H21N2O3S+. The molecule has 3 atom stereocenters. The van der Waals surface area contributed by atoms with Gasteiger partial charge in [-0.15, -0.1) is 0 Å². The number of amides is 1. The average molecular weight is 357 g/mol. The maximum Gasteiger partial charge on any atom is 0.282 e. The van der Waals surface area contributed by atoms with E-state index < -0.39 is 9.84 Å². The molecule has 2 aliphatic rings. The van der Waals surface area contributed by atoms with Gasteiger partial charge < -0.3 is 4.90 Å². The predicted molar refractivity (Wildman–Crippen MR) is 96.1 cm³/mol. The Morgan fingerprint density at radius 2 is 1.60 bits per heavy atom. The first-order valence-corrected chi connectivity index (χ1v) is 10.3. The lowest BCUT2D eigenvalue weighted by molar-refractivity contribution is -0.931. The van der Waals surface area contributed by atoms with Crippen LogP contribution in [0.15, 0.2) is 60.7 Å². The number of anilines is 1. The fourth-order valence-corrected chi connectivity index (χ4v) is 6.09. The molecule has 2 fully saturated rings. The van der Waals surface area contributed by atoms with Gasteiger partial charge in [-0.05, 0) is 12.1 Å². The molecule has 1 N–H and O–H groups in total. The first-order valence-electron chi connectivity index (χ1n) is 8.49. The maximum absolute atomic E-state index is 12.9. The normalized spacial score (nSPS) is 27.9. The van der Waals surface area contributed by atoms with E-state index in [0.717, 1.165) is 16.2 Å². The summed E-state index contributed by atoms with van der Waals surface area (Å²) in [4.78, 5) is 15.6. The second-order valence-corrected chi connectivity index (χ2v) is 9.00. The average Bonchev–Trinajstić information content (AvgIpc) is 2.92. The SMILES string of the molecule is O=C1C[NH+](Cc2ccccc2)[C@@H]2CS(=O)(=O)C[C@@H]2N1c1ccccc1. The maximum atomic E-state index is 12.9. The van der Waals surface area contributed by atoms with Gasteiger partial charge in [-0.3, -0.25) is 9.69 Å². The summed E-state index contributed by atoms with van der Waals surface area (Å²) in [7, 11) is -3.13. The third-order valence-electron chi connectivity index (χ3n) is 5.13. The Labute approximate surface area is 147 Å². The van der Waals surface area contributed by atoms with Crippen molar-refractivity contribution < 1.29 is 18.1 Å². The van der Waals surface area contributed by atoms with Crippen molar-refractivity contribution in [1.29, 1.82) is 0 Å². The molecule has 0 spiro atoms. The third-order valence-corrected chi connectivity index (χ3v) is 6.85. The highest BCUT2D eigenvalue weighted by atomic mass is 32.2. The molecule has 5 nitrogen and oxygen atoms in total. The zero-order chi connectivity index (χ0) is 17.4. The van der Waals surface area contributed by atoms with E-state index in [1.807, 2.05) is 60.7 Å². The molecule has 0 saturated carbocycles. The summed E-state index contributed by atoms with van der Waals surface area (Å²) in [6.07, 6.45) is 0. The topological polar surface area (TPSA) is 58.9 Å². The number of hydrogen-bond donors (Lipinski definition) is 1. The molecule has 2 heterocycles. The van der Waals surface area contributed by atoms with E-state index in [1.54, 1.807) is 4.90 Å². The van der Waals surface area contributed by atoms with Crippen LogP contribution in [0.4, 0.5) is 5.69 Å². The highest BCUT2D eigenvalue weighted by Gasteiger charge is 2.52. The number of rotatable bonds is 3. The fourth-order valence-electron chi connectivity index (χ4n) is 4.04. The number of fused-ring (bicyclic) bond motifs is 1. The summed E-state index contributed by atoms with van der Waals surface area (Å²) >= 11 is 0. The number of quaternary nitrogens is 1. The Balaban J connectivity index is 1.67. The number of nitrogens with zero attached hydrogens (tertiary/aromatic N) is 1. The Kier molecular flexibility index (Phi) is 4.09. The van der Waals surface area contributed by atoms with Crippen LogP contribution in [0.3, 0.4) is 0 Å². The van der Waals surface area contributed by atoms with Crippen molar-refractivity contribution >= 4 is 21.4 Å². The first kappa shape index (κ1) is 16.3. The third kappa shape index (κ3) is 3.19. The van der Waals surface area contributed by atoms with Crippen LogP contribution in [-0.4, -0.2) is 44.5 Å². The Morgan fingerprint density at radius 3 is 2.28 bits per heavy atom. The molecule has 2 aromatic rings. The number of nitrogens with one attached hydrogen (secondary N) is 1. The van der Waals surface area contributed by atoms with Crippen molar-refractivity contribution in [3.8, 4) is 0 Å². The van der Waals surface area contributed by atoms with Crippen molar-refractivity contribution in [3.05, 3.63) is 66.2 Å². The summed E-state index contributed by atoms with van der Waals surface area (Å²) in [5, 5.41) is 0. The number of sulfone groups is 1. The molecule has 2 saturated heterocycles. The van der Waals surface area contributed by atoms with Gasteiger partial charge in [0.1, 0.15) is 24.4 Å². The number of carbonyl (C=O) groups is 1. The van der Waals surface area contributed by atoms with Gasteiger partial charge in [-0.2, -0.15) is 0 Å². The summed E-state index contributed by atoms with van der Waals surface area (Å²) in [5.74, 6) is 0.197. The molecule has 1 unspecified atom stereocenters. The number of benzene rings is 2. The van der Waals surface area contributed by atoms with Crippen LogP contribution in [0, 0.1) is 0 Å². The van der Waals surface area contributed by atoms with Crippen LogP contribution in [-0.2, 0) is 21.2 Å².